The zero-order valence-corrected chi connectivity index (χ0v) is 10.0. The van der Waals surface area contributed by atoms with Crippen LogP contribution >= 0.6 is 0 Å². The summed E-state index contributed by atoms with van der Waals surface area (Å²) in [7, 11) is 0. The van der Waals surface area contributed by atoms with E-state index < -0.39 is 0 Å². The Morgan fingerprint density at radius 2 is 1.80 bits per heavy atom. The molecular weight excluding hydrogens is 184 g/mol. The number of fused-ring (bicyclic) bond motifs is 1. The maximum atomic E-state index is 6.28. The lowest BCUT2D eigenvalue weighted by Crippen LogP contribution is -2.37. The van der Waals surface area contributed by atoms with Crippen molar-refractivity contribution in [3.05, 3.63) is 0 Å². The van der Waals surface area contributed by atoms with Crippen molar-refractivity contribution in [1.29, 1.82) is 0 Å². The van der Waals surface area contributed by atoms with Crippen LogP contribution < -0.4 is 0 Å². The van der Waals surface area contributed by atoms with E-state index in [-0.39, 0.29) is 0 Å². The first-order valence-electron chi connectivity index (χ1n) is 6.95. The first kappa shape index (κ1) is 10.1. The molecule has 0 aromatic carbocycles. The van der Waals surface area contributed by atoms with E-state index in [1.54, 1.807) is 0 Å². The minimum atomic E-state index is 0.332. The van der Waals surface area contributed by atoms with Gasteiger partial charge in [-0.15, -0.1) is 0 Å². The standard InChI is InChI=1S/C14H24O/c1-2-11-3-6-14(7-4-11)8-5-12-9-13(12)10-15-14/h11-13H,2-10H2,1H3/t11?,12-,13+,14?/m0/s1. The van der Waals surface area contributed by atoms with Gasteiger partial charge in [0.2, 0.25) is 0 Å². The molecule has 0 aromatic rings. The lowest BCUT2D eigenvalue weighted by atomic mass is 9.75. The van der Waals surface area contributed by atoms with Crippen LogP contribution in [0.2, 0.25) is 0 Å². The fourth-order valence-corrected chi connectivity index (χ4v) is 3.68. The van der Waals surface area contributed by atoms with Gasteiger partial charge in [-0.3, -0.25) is 0 Å². The Balaban J connectivity index is 1.60. The summed E-state index contributed by atoms with van der Waals surface area (Å²) in [4.78, 5) is 0. The van der Waals surface area contributed by atoms with Gasteiger partial charge in [-0.2, -0.15) is 0 Å². The molecule has 0 unspecified atom stereocenters. The van der Waals surface area contributed by atoms with Crippen LogP contribution in [-0.2, 0) is 4.74 Å². The predicted molar refractivity (Wildman–Crippen MR) is 61.8 cm³/mol. The molecule has 2 atom stereocenters. The van der Waals surface area contributed by atoms with Gasteiger partial charge < -0.3 is 4.74 Å². The molecule has 0 radical (unpaired) electrons. The second-order valence-corrected chi connectivity index (χ2v) is 6.14. The molecule has 0 amide bonds. The van der Waals surface area contributed by atoms with Crippen LogP contribution in [0.1, 0.15) is 58.3 Å². The molecule has 3 aliphatic rings. The highest BCUT2D eigenvalue weighted by Crippen LogP contribution is 2.50. The number of hydrogen-bond donors (Lipinski definition) is 0. The van der Waals surface area contributed by atoms with E-state index in [9.17, 15) is 0 Å². The van der Waals surface area contributed by atoms with E-state index in [1.165, 1.54) is 51.4 Å². The van der Waals surface area contributed by atoms with Gasteiger partial charge in [0.1, 0.15) is 0 Å². The normalized spacial score (nSPS) is 49.8. The number of ether oxygens (including phenoxy) is 1. The molecule has 1 heterocycles. The fourth-order valence-electron chi connectivity index (χ4n) is 3.68. The summed E-state index contributed by atoms with van der Waals surface area (Å²) in [5, 5.41) is 0. The smallest absolute Gasteiger partial charge is 0.0683 e. The third-order valence-electron chi connectivity index (χ3n) is 5.24. The Kier molecular flexibility index (Phi) is 2.54. The minimum Gasteiger partial charge on any atom is -0.375 e. The van der Waals surface area contributed by atoms with Gasteiger partial charge in [0.15, 0.2) is 0 Å². The molecule has 0 aromatic heterocycles. The monoisotopic (exact) mass is 208 g/mol. The van der Waals surface area contributed by atoms with Gasteiger partial charge in [0, 0.05) is 0 Å². The maximum absolute atomic E-state index is 6.28. The van der Waals surface area contributed by atoms with Crippen LogP contribution in [0, 0.1) is 17.8 Å². The van der Waals surface area contributed by atoms with E-state index in [2.05, 4.69) is 6.92 Å². The average Bonchev–Trinajstić information content (AvgIpc) is 3.03. The van der Waals surface area contributed by atoms with Crippen LogP contribution in [-0.4, -0.2) is 12.2 Å². The number of rotatable bonds is 1. The largest absolute Gasteiger partial charge is 0.375 e. The third-order valence-corrected chi connectivity index (χ3v) is 5.24. The summed E-state index contributed by atoms with van der Waals surface area (Å²) in [5.74, 6) is 3.00. The molecule has 1 nitrogen and oxygen atoms in total. The Bertz CT molecular complexity index is 213. The summed E-state index contributed by atoms with van der Waals surface area (Å²) in [6, 6.07) is 0. The van der Waals surface area contributed by atoms with Crippen molar-refractivity contribution in [1.82, 2.24) is 0 Å². The predicted octanol–water partition coefficient (Wildman–Crippen LogP) is 3.77. The average molecular weight is 208 g/mol. The molecule has 3 fully saturated rings. The SMILES string of the molecule is CCC1CCC2(CC1)CC[C@H]1C[C@@H]1CO2. The van der Waals surface area contributed by atoms with E-state index in [0.29, 0.717) is 5.60 Å². The van der Waals surface area contributed by atoms with Crippen molar-refractivity contribution >= 4 is 0 Å². The van der Waals surface area contributed by atoms with Crippen LogP contribution in [0.4, 0.5) is 0 Å². The molecule has 0 bridgehead atoms. The van der Waals surface area contributed by atoms with Crippen LogP contribution in [0.25, 0.3) is 0 Å². The molecule has 3 rings (SSSR count). The molecule has 1 aliphatic heterocycles. The highest BCUT2D eigenvalue weighted by molar-refractivity contribution is 4.96. The van der Waals surface area contributed by atoms with Crippen LogP contribution in [0.15, 0.2) is 0 Å². The highest BCUT2D eigenvalue weighted by atomic mass is 16.5. The first-order chi connectivity index (χ1) is 7.31. The van der Waals surface area contributed by atoms with Crippen molar-refractivity contribution in [2.75, 3.05) is 6.61 Å². The zero-order chi connectivity index (χ0) is 10.3. The van der Waals surface area contributed by atoms with Gasteiger partial charge in [-0.05, 0) is 62.7 Å². The number of hydrogen-bond acceptors (Lipinski definition) is 1. The molecule has 15 heavy (non-hydrogen) atoms. The summed E-state index contributed by atoms with van der Waals surface area (Å²) < 4.78 is 6.28. The minimum absolute atomic E-state index is 0.332. The Labute approximate surface area is 93.6 Å². The molecule has 2 aliphatic carbocycles. The van der Waals surface area contributed by atoms with Crippen molar-refractivity contribution in [2.45, 2.75) is 63.9 Å². The lowest BCUT2D eigenvalue weighted by Gasteiger charge is -2.39. The molecule has 1 heteroatoms. The van der Waals surface area contributed by atoms with Gasteiger partial charge >= 0.3 is 0 Å². The third kappa shape index (κ3) is 1.95. The second-order valence-electron chi connectivity index (χ2n) is 6.14. The maximum Gasteiger partial charge on any atom is 0.0683 e. The summed E-state index contributed by atoms with van der Waals surface area (Å²) in [5.41, 5.74) is 0.332. The summed E-state index contributed by atoms with van der Waals surface area (Å²) in [6.07, 6.45) is 11.2. The van der Waals surface area contributed by atoms with Crippen molar-refractivity contribution in [3.8, 4) is 0 Å². The lowest BCUT2D eigenvalue weighted by molar-refractivity contribution is -0.0816. The Morgan fingerprint density at radius 1 is 1.07 bits per heavy atom. The second kappa shape index (κ2) is 3.76. The zero-order valence-electron chi connectivity index (χ0n) is 10.0. The molecule has 1 spiro atoms. The topological polar surface area (TPSA) is 9.23 Å². The fraction of sp³-hybridized carbons (Fsp3) is 1.00. The van der Waals surface area contributed by atoms with Gasteiger partial charge in [-0.1, -0.05) is 13.3 Å². The van der Waals surface area contributed by atoms with E-state index in [0.717, 1.165) is 24.4 Å². The van der Waals surface area contributed by atoms with Gasteiger partial charge in [0.05, 0.1) is 12.2 Å². The Morgan fingerprint density at radius 3 is 2.53 bits per heavy atom. The molecule has 2 saturated carbocycles. The van der Waals surface area contributed by atoms with E-state index in [4.69, 9.17) is 4.74 Å². The van der Waals surface area contributed by atoms with Crippen LogP contribution in [0.3, 0.4) is 0 Å². The molecule has 0 N–H and O–H groups in total. The highest BCUT2D eigenvalue weighted by Gasteiger charge is 2.45. The van der Waals surface area contributed by atoms with Crippen molar-refractivity contribution in [2.24, 2.45) is 17.8 Å². The first-order valence-corrected chi connectivity index (χ1v) is 6.95. The van der Waals surface area contributed by atoms with Crippen LogP contribution in [0.5, 0.6) is 0 Å². The molecule has 1 saturated heterocycles. The van der Waals surface area contributed by atoms with Crippen molar-refractivity contribution < 1.29 is 4.74 Å². The van der Waals surface area contributed by atoms with Gasteiger partial charge in [0.25, 0.3) is 0 Å². The summed E-state index contributed by atoms with van der Waals surface area (Å²) >= 11 is 0. The molecule has 86 valence electrons. The Hall–Kier alpha value is -0.0400. The van der Waals surface area contributed by atoms with Crippen molar-refractivity contribution in [3.63, 3.8) is 0 Å². The van der Waals surface area contributed by atoms with E-state index >= 15 is 0 Å². The molecular formula is C14H24O. The van der Waals surface area contributed by atoms with E-state index in [1.807, 2.05) is 0 Å². The summed E-state index contributed by atoms with van der Waals surface area (Å²) in [6.45, 7) is 3.42. The quantitative estimate of drug-likeness (QED) is 0.637. The van der Waals surface area contributed by atoms with Gasteiger partial charge in [-0.25, -0.2) is 0 Å².